The molecule has 0 amide bonds. The van der Waals surface area contributed by atoms with Gasteiger partial charge < -0.3 is 0 Å². The van der Waals surface area contributed by atoms with Gasteiger partial charge in [-0.1, -0.05) is 39.7 Å². The molecule has 0 saturated heterocycles. The van der Waals surface area contributed by atoms with Crippen molar-refractivity contribution >= 4 is 27.5 Å². The van der Waals surface area contributed by atoms with Crippen LogP contribution in [-0.2, 0) is 0 Å². The van der Waals surface area contributed by atoms with Crippen molar-refractivity contribution in [2.75, 3.05) is 0 Å². The van der Waals surface area contributed by atoms with Crippen molar-refractivity contribution in [3.63, 3.8) is 0 Å². The zero-order chi connectivity index (χ0) is 11.5. The molecule has 0 bridgehead atoms. The molecule has 0 radical (unpaired) electrons. The molecule has 16 heavy (non-hydrogen) atoms. The summed E-state index contributed by atoms with van der Waals surface area (Å²) in [7, 11) is 0. The van der Waals surface area contributed by atoms with E-state index in [0.717, 1.165) is 15.6 Å². The Morgan fingerprint density at radius 1 is 1.00 bits per heavy atom. The van der Waals surface area contributed by atoms with Crippen LogP contribution in [0.3, 0.4) is 0 Å². The van der Waals surface area contributed by atoms with E-state index in [1.807, 2.05) is 30.3 Å². The minimum Gasteiger partial charge on any atom is -0.192 e. The second kappa shape index (κ2) is 4.69. The summed E-state index contributed by atoms with van der Waals surface area (Å²) in [5, 5.41) is 9.40. The van der Waals surface area contributed by atoms with Gasteiger partial charge in [0.1, 0.15) is 0 Å². The highest BCUT2D eigenvalue weighted by atomic mass is 79.9. The summed E-state index contributed by atoms with van der Waals surface area (Å²) in [6.45, 7) is 0. The first kappa shape index (κ1) is 11.2. The van der Waals surface area contributed by atoms with Crippen LogP contribution < -0.4 is 0 Å². The summed E-state index contributed by atoms with van der Waals surface area (Å²) >= 11 is 9.38. The fraction of sp³-hybridized carbons (Fsp3) is 0. The smallest absolute Gasteiger partial charge is 0.0991 e. The summed E-state index contributed by atoms with van der Waals surface area (Å²) in [6.07, 6.45) is 0. The van der Waals surface area contributed by atoms with E-state index < -0.39 is 0 Å². The van der Waals surface area contributed by atoms with Gasteiger partial charge in [-0.2, -0.15) is 5.26 Å². The Hall–Kier alpha value is -1.30. The molecule has 2 rings (SSSR count). The Balaban J connectivity index is 2.47. The molecule has 2 aromatic carbocycles. The molecule has 2 aromatic rings. The van der Waals surface area contributed by atoms with E-state index in [9.17, 15) is 0 Å². The lowest BCUT2D eigenvalue weighted by molar-refractivity contribution is 1.48. The number of halogens is 2. The van der Waals surface area contributed by atoms with Crippen molar-refractivity contribution in [1.82, 2.24) is 0 Å². The molecule has 1 nitrogen and oxygen atoms in total. The first-order valence-electron chi connectivity index (χ1n) is 4.65. The maximum Gasteiger partial charge on any atom is 0.0991 e. The monoisotopic (exact) mass is 291 g/mol. The Morgan fingerprint density at radius 3 is 2.25 bits per heavy atom. The average Bonchev–Trinajstić information content (AvgIpc) is 2.28. The lowest BCUT2D eigenvalue weighted by Gasteiger charge is -2.03. The van der Waals surface area contributed by atoms with Crippen molar-refractivity contribution in [3.8, 4) is 17.2 Å². The molecule has 0 spiro atoms. The highest BCUT2D eigenvalue weighted by Gasteiger charge is 2.01. The van der Waals surface area contributed by atoms with Gasteiger partial charge in [-0.3, -0.25) is 0 Å². The van der Waals surface area contributed by atoms with Gasteiger partial charge in [0.25, 0.3) is 0 Å². The molecule has 0 unspecified atom stereocenters. The van der Waals surface area contributed by atoms with Crippen molar-refractivity contribution < 1.29 is 0 Å². The van der Waals surface area contributed by atoms with Crippen LogP contribution in [0.15, 0.2) is 46.9 Å². The van der Waals surface area contributed by atoms with Crippen molar-refractivity contribution in [2.24, 2.45) is 0 Å². The van der Waals surface area contributed by atoms with Gasteiger partial charge in [0, 0.05) is 9.50 Å². The predicted octanol–water partition coefficient (Wildman–Crippen LogP) is 4.64. The molecule has 0 aliphatic carbocycles. The van der Waals surface area contributed by atoms with E-state index in [-0.39, 0.29) is 0 Å². The van der Waals surface area contributed by atoms with Crippen LogP contribution in [-0.4, -0.2) is 0 Å². The highest BCUT2D eigenvalue weighted by Crippen LogP contribution is 2.27. The third-order valence-electron chi connectivity index (χ3n) is 2.21. The van der Waals surface area contributed by atoms with E-state index in [0.29, 0.717) is 10.6 Å². The van der Waals surface area contributed by atoms with Gasteiger partial charge in [0.15, 0.2) is 0 Å². The zero-order valence-electron chi connectivity index (χ0n) is 8.24. The number of hydrogen-bond donors (Lipinski definition) is 0. The second-order valence-electron chi connectivity index (χ2n) is 3.35. The lowest BCUT2D eigenvalue weighted by Crippen LogP contribution is -1.80. The normalized spacial score (nSPS) is 9.81. The molecule has 78 valence electrons. The first-order chi connectivity index (χ1) is 7.69. The topological polar surface area (TPSA) is 23.8 Å². The molecular weight excluding hydrogens is 286 g/mol. The van der Waals surface area contributed by atoms with E-state index in [1.165, 1.54) is 0 Å². The lowest BCUT2D eigenvalue weighted by atomic mass is 10.0. The van der Waals surface area contributed by atoms with Gasteiger partial charge in [-0.25, -0.2) is 0 Å². The predicted molar refractivity (Wildman–Crippen MR) is 69.3 cm³/mol. The summed E-state index contributed by atoms with van der Waals surface area (Å²) in [5.41, 5.74) is 2.73. The van der Waals surface area contributed by atoms with Crippen LogP contribution in [0.5, 0.6) is 0 Å². The molecule has 0 aliphatic heterocycles. The molecule has 0 N–H and O–H groups in total. The Labute approximate surface area is 107 Å². The molecule has 3 heteroatoms. The second-order valence-corrected chi connectivity index (χ2v) is 4.70. The quantitative estimate of drug-likeness (QED) is 0.751. The Kier molecular flexibility index (Phi) is 3.28. The van der Waals surface area contributed by atoms with Crippen LogP contribution in [0.25, 0.3) is 11.1 Å². The first-order valence-corrected chi connectivity index (χ1v) is 5.83. The third-order valence-corrected chi connectivity index (χ3v) is 2.89. The fourth-order valence-corrected chi connectivity index (χ4v) is 2.32. The Bertz CT molecular complexity index is 535. The van der Waals surface area contributed by atoms with Gasteiger partial charge in [-0.05, 0) is 41.5 Å². The van der Waals surface area contributed by atoms with E-state index >= 15 is 0 Å². The Morgan fingerprint density at radius 2 is 1.69 bits per heavy atom. The van der Waals surface area contributed by atoms with Crippen LogP contribution >= 0.6 is 27.5 Å². The number of benzene rings is 2. The van der Waals surface area contributed by atoms with Gasteiger partial charge in [0.2, 0.25) is 0 Å². The van der Waals surface area contributed by atoms with Crippen LogP contribution in [0.2, 0.25) is 5.02 Å². The van der Waals surface area contributed by atoms with E-state index in [4.69, 9.17) is 16.9 Å². The molecular formula is C13H7BrClN. The molecule has 0 aliphatic rings. The maximum atomic E-state index is 8.71. The summed E-state index contributed by atoms with van der Waals surface area (Å²) in [5.74, 6) is 0. The van der Waals surface area contributed by atoms with Crippen molar-refractivity contribution in [1.29, 1.82) is 5.26 Å². The van der Waals surface area contributed by atoms with Crippen LogP contribution in [0, 0.1) is 11.3 Å². The van der Waals surface area contributed by atoms with E-state index in [1.54, 1.807) is 12.1 Å². The zero-order valence-corrected chi connectivity index (χ0v) is 10.6. The third kappa shape index (κ3) is 2.44. The summed E-state index contributed by atoms with van der Waals surface area (Å²) in [4.78, 5) is 0. The number of nitrogens with zero attached hydrogens (tertiary/aromatic N) is 1. The number of nitriles is 1. The fourth-order valence-electron chi connectivity index (χ4n) is 1.46. The molecule has 0 atom stereocenters. The largest absolute Gasteiger partial charge is 0.192 e. The molecule has 0 heterocycles. The minimum atomic E-state index is 0.657. The SMILES string of the molecule is N#Cc1ccc(-c2cc(Cl)cc(Br)c2)cc1. The van der Waals surface area contributed by atoms with Crippen molar-refractivity contribution in [3.05, 3.63) is 57.5 Å². The van der Waals surface area contributed by atoms with Crippen LogP contribution in [0.1, 0.15) is 5.56 Å². The van der Waals surface area contributed by atoms with Gasteiger partial charge in [-0.15, -0.1) is 0 Å². The maximum absolute atomic E-state index is 8.71. The molecule has 0 fully saturated rings. The van der Waals surface area contributed by atoms with Crippen LogP contribution in [0.4, 0.5) is 0 Å². The average molecular weight is 293 g/mol. The molecule has 0 aromatic heterocycles. The highest BCUT2D eigenvalue weighted by molar-refractivity contribution is 9.10. The summed E-state index contributed by atoms with van der Waals surface area (Å²) in [6, 6.07) is 15.2. The minimum absolute atomic E-state index is 0.657. The number of hydrogen-bond acceptors (Lipinski definition) is 1. The number of rotatable bonds is 1. The van der Waals surface area contributed by atoms with Gasteiger partial charge in [0.05, 0.1) is 11.6 Å². The van der Waals surface area contributed by atoms with Crippen molar-refractivity contribution in [2.45, 2.75) is 0 Å². The molecule has 0 saturated carbocycles. The summed E-state index contributed by atoms with van der Waals surface area (Å²) < 4.78 is 0.944. The standard InChI is InChI=1S/C13H7BrClN/c14-12-5-11(6-13(15)7-12)10-3-1-9(8-16)2-4-10/h1-7H. The van der Waals surface area contributed by atoms with Gasteiger partial charge >= 0.3 is 0 Å². The van der Waals surface area contributed by atoms with E-state index in [2.05, 4.69) is 22.0 Å².